The van der Waals surface area contributed by atoms with E-state index in [-0.39, 0.29) is 5.25 Å². The summed E-state index contributed by atoms with van der Waals surface area (Å²) in [5.74, 6) is 0.760. The Labute approximate surface area is 94.6 Å². The van der Waals surface area contributed by atoms with Crippen LogP contribution in [0, 0.1) is 5.92 Å². The van der Waals surface area contributed by atoms with Crippen molar-refractivity contribution in [1.29, 1.82) is 0 Å². The molecule has 3 nitrogen and oxygen atoms in total. The van der Waals surface area contributed by atoms with E-state index in [0.717, 1.165) is 6.42 Å². The molecule has 92 valence electrons. The van der Waals surface area contributed by atoms with E-state index in [1.165, 1.54) is 0 Å². The fourth-order valence-corrected chi connectivity index (χ4v) is 2.68. The first-order valence-corrected chi connectivity index (χ1v) is 7.42. The molecule has 0 fully saturated rings. The average Bonchev–Trinajstić information content (AvgIpc) is 2.11. The fraction of sp³-hybridized carbons (Fsp3) is 1.00. The number of rotatable bonds is 7. The largest absolute Gasteiger partial charge is 0.313 e. The van der Waals surface area contributed by atoms with Crippen LogP contribution < -0.4 is 5.32 Å². The third-order valence-electron chi connectivity index (χ3n) is 2.41. The van der Waals surface area contributed by atoms with Crippen LogP contribution in [-0.2, 0) is 9.84 Å². The molecule has 0 saturated carbocycles. The second-order valence-corrected chi connectivity index (χ2v) is 7.46. The van der Waals surface area contributed by atoms with Gasteiger partial charge in [0.25, 0.3) is 0 Å². The number of nitrogens with one attached hydrogen (secondary N) is 1. The van der Waals surface area contributed by atoms with Crippen molar-refractivity contribution in [3.8, 4) is 0 Å². The van der Waals surface area contributed by atoms with Crippen LogP contribution in [0.15, 0.2) is 0 Å². The molecule has 4 heteroatoms. The quantitative estimate of drug-likeness (QED) is 0.732. The molecule has 0 aliphatic heterocycles. The summed E-state index contributed by atoms with van der Waals surface area (Å²) in [6, 6.07) is 0.341. The summed E-state index contributed by atoms with van der Waals surface area (Å²) < 4.78 is 23.6. The highest BCUT2D eigenvalue weighted by Gasteiger charge is 2.20. The number of hydrogen-bond donors (Lipinski definition) is 1. The van der Waals surface area contributed by atoms with Gasteiger partial charge in [0.15, 0.2) is 9.84 Å². The second kappa shape index (κ2) is 6.48. The van der Waals surface area contributed by atoms with Crippen LogP contribution in [-0.4, -0.2) is 32.0 Å². The van der Waals surface area contributed by atoms with Crippen molar-refractivity contribution in [2.45, 2.75) is 52.3 Å². The molecule has 0 spiro atoms. The van der Waals surface area contributed by atoms with Gasteiger partial charge < -0.3 is 5.32 Å². The molecule has 0 aromatic carbocycles. The lowest BCUT2D eigenvalue weighted by atomic mass is 10.2. The van der Waals surface area contributed by atoms with Gasteiger partial charge in [-0.3, -0.25) is 0 Å². The zero-order valence-corrected chi connectivity index (χ0v) is 11.4. The van der Waals surface area contributed by atoms with Crippen molar-refractivity contribution in [3.63, 3.8) is 0 Å². The Balaban J connectivity index is 4.09. The number of sulfone groups is 1. The van der Waals surface area contributed by atoms with Crippen molar-refractivity contribution in [1.82, 2.24) is 5.32 Å². The predicted octanol–water partition coefficient (Wildman–Crippen LogP) is 1.83. The molecule has 0 bridgehead atoms. The van der Waals surface area contributed by atoms with Gasteiger partial charge in [-0.25, -0.2) is 8.42 Å². The van der Waals surface area contributed by atoms with Crippen molar-refractivity contribution in [2.24, 2.45) is 5.92 Å². The Morgan fingerprint density at radius 3 is 2.00 bits per heavy atom. The van der Waals surface area contributed by atoms with Crippen molar-refractivity contribution in [2.75, 3.05) is 12.3 Å². The monoisotopic (exact) mass is 235 g/mol. The molecule has 1 N–H and O–H groups in total. The van der Waals surface area contributed by atoms with Crippen LogP contribution in [0.1, 0.15) is 41.0 Å². The topological polar surface area (TPSA) is 46.2 Å². The molecule has 1 unspecified atom stereocenters. The zero-order chi connectivity index (χ0) is 12.1. The van der Waals surface area contributed by atoms with Crippen LogP contribution in [0.4, 0.5) is 0 Å². The van der Waals surface area contributed by atoms with Crippen LogP contribution >= 0.6 is 0 Å². The lowest BCUT2D eigenvalue weighted by molar-refractivity contribution is 0.540. The Morgan fingerprint density at radius 2 is 1.60 bits per heavy atom. The van der Waals surface area contributed by atoms with E-state index in [2.05, 4.69) is 5.32 Å². The Morgan fingerprint density at radius 1 is 1.07 bits per heavy atom. The summed E-state index contributed by atoms with van der Waals surface area (Å²) >= 11 is 0. The first kappa shape index (κ1) is 14.9. The van der Waals surface area contributed by atoms with Gasteiger partial charge >= 0.3 is 0 Å². The minimum atomic E-state index is -2.91. The molecule has 1 atom stereocenters. The molecule has 15 heavy (non-hydrogen) atoms. The van der Waals surface area contributed by atoms with E-state index in [9.17, 15) is 8.42 Å². The Bertz CT molecular complexity index is 258. The van der Waals surface area contributed by atoms with Crippen LogP contribution in [0.5, 0.6) is 0 Å². The molecule has 0 amide bonds. The molecular weight excluding hydrogens is 210 g/mol. The molecule has 0 aromatic rings. The van der Waals surface area contributed by atoms with Crippen LogP contribution in [0.25, 0.3) is 0 Å². The second-order valence-electron chi connectivity index (χ2n) is 4.92. The van der Waals surface area contributed by atoms with E-state index in [1.807, 2.05) is 27.7 Å². The Kier molecular flexibility index (Phi) is 6.44. The van der Waals surface area contributed by atoms with Crippen molar-refractivity contribution >= 4 is 9.84 Å². The highest BCUT2D eigenvalue weighted by molar-refractivity contribution is 7.92. The smallest absolute Gasteiger partial charge is 0.154 e. The summed E-state index contributed by atoms with van der Waals surface area (Å²) in [5.41, 5.74) is 0. The lowest BCUT2D eigenvalue weighted by Gasteiger charge is -2.16. The Hall–Kier alpha value is -0.0900. The maximum atomic E-state index is 11.8. The predicted molar refractivity (Wildman–Crippen MR) is 65.8 cm³/mol. The molecular formula is C11H25NO2S. The van der Waals surface area contributed by atoms with Crippen LogP contribution in [0.2, 0.25) is 0 Å². The third kappa shape index (κ3) is 6.90. The standard InChI is InChI=1S/C11H25NO2S/c1-9(2)6-7-15(13,14)11(5)8-12-10(3)4/h9-12H,6-8H2,1-5H3. The average molecular weight is 235 g/mol. The highest BCUT2D eigenvalue weighted by atomic mass is 32.2. The van der Waals surface area contributed by atoms with Gasteiger partial charge in [-0.1, -0.05) is 27.7 Å². The summed E-state index contributed by atoms with van der Waals surface area (Å²) in [7, 11) is -2.91. The van der Waals surface area contributed by atoms with E-state index >= 15 is 0 Å². The molecule has 0 rings (SSSR count). The van der Waals surface area contributed by atoms with E-state index in [4.69, 9.17) is 0 Å². The molecule has 0 radical (unpaired) electrons. The third-order valence-corrected chi connectivity index (χ3v) is 4.60. The van der Waals surface area contributed by atoms with Gasteiger partial charge in [0, 0.05) is 12.6 Å². The lowest BCUT2D eigenvalue weighted by Crippen LogP contribution is -2.36. The van der Waals surface area contributed by atoms with E-state index < -0.39 is 9.84 Å². The fourth-order valence-electron chi connectivity index (χ4n) is 1.13. The van der Waals surface area contributed by atoms with E-state index in [1.54, 1.807) is 6.92 Å². The van der Waals surface area contributed by atoms with Gasteiger partial charge in [0.05, 0.1) is 11.0 Å². The van der Waals surface area contributed by atoms with Gasteiger partial charge in [-0.05, 0) is 19.3 Å². The van der Waals surface area contributed by atoms with Gasteiger partial charge in [0.1, 0.15) is 0 Å². The van der Waals surface area contributed by atoms with E-state index in [0.29, 0.717) is 24.3 Å². The van der Waals surface area contributed by atoms with Crippen molar-refractivity contribution in [3.05, 3.63) is 0 Å². The molecule has 0 aromatic heterocycles. The van der Waals surface area contributed by atoms with Gasteiger partial charge in [-0.15, -0.1) is 0 Å². The summed E-state index contributed by atoms with van der Waals surface area (Å²) in [5, 5.41) is 2.88. The maximum Gasteiger partial charge on any atom is 0.154 e. The summed E-state index contributed by atoms with van der Waals surface area (Å²) in [6.07, 6.45) is 0.758. The van der Waals surface area contributed by atoms with Crippen molar-refractivity contribution < 1.29 is 8.42 Å². The molecule has 0 aliphatic carbocycles. The molecule has 0 heterocycles. The van der Waals surface area contributed by atoms with Gasteiger partial charge in [-0.2, -0.15) is 0 Å². The first-order valence-electron chi connectivity index (χ1n) is 5.70. The molecule has 0 aliphatic rings. The SMILES string of the molecule is CC(C)CCS(=O)(=O)C(C)CNC(C)C. The first-order chi connectivity index (χ1) is 6.75. The number of hydrogen-bond acceptors (Lipinski definition) is 3. The molecule has 0 saturated heterocycles. The normalized spacial score (nSPS) is 14.9. The summed E-state index contributed by atoms with van der Waals surface area (Å²) in [6.45, 7) is 10.5. The maximum absolute atomic E-state index is 11.8. The van der Waals surface area contributed by atoms with Crippen LogP contribution in [0.3, 0.4) is 0 Å². The minimum absolute atomic E-state index is 0.279. The highest BCUT2D eigenvalue weighted by Crippen LogP contribution is 2.08. The minimum Gasteiger partial charge on any atom is -0.313 e. The summed E-state index contributed by atoms with van der Waals surface area (Å²) in [4.78, 5) is 0. The zero-order valence-electron chi connectivity index (χ0n) is 10.6. The van der Waals surface area contributed by atoms with Gasteiger partial charge in [0.2, 0.25) is 0 Å².